The molecule has 42 heavy (non-hydrogen) atoms. The van der Waals surface area contributed by atoms with Crippen LogP contribution in [0, 0.1) is 18.6 Å². The summed E-state index contributed by atoms with van der Waals surface area (Å²) in [4.78, 5) is 29.8. The van der Waals surface area contributed by atoms with Gasteiger partial charge in [0.25, 0.3) is 15.9 Å². The first kappa shape index (κ1) is 29.3. The van der Waals surface area contributed by atoms with Crippen LogP contribution in [0.2, 0.25) is 0 Å². The fourth-order valence-corrected chi connectivity index (χ4v) is 6.29. The fourth-order valence-electron chi connectivity index (χ4n) is 4.92. The topological polar surface area (TPSA) is 132 Å². The van der Waals surface area contributed by atoms with Crippen LogP contribution in [0.25, 0.3) is 5.65 Å². The molecule has 2 aromatic heterocycles. The molecule has 0 saturated heterocycles. The second-order valence-electron chi connectivity index (χ2n) is 11.0. The Balaban J connectivity index is 1.39. The summed E-state index contributed by atoms with van der Waals surface area (Å²) in [6, 6.07) is 8.58. The van der Waals surface area contributed by atoms with Crippen molar-refractivity contribution in [1.29, 1.82) is 0 Å². The first-order valence-electron chi connectivity index (χ1n) is 13.2. The van der Waals surface area contributed by atoms with E-state index >= 15 is 0 Å². The number of hydrogen-bond acceptors (Lipinski definition) is 7. The van der Waals surface area contributed by atoms with Crippen LogP contribution in [0.3, 0.4) is 0 Å². The third-order valence-electron chi connectivity index (χ3n) is 6.88. The van der Waals surface area contributed by atoms with Gasteiger partial charge in [0.1, 0.15) is 11.3 Å². The normalized spacial score (nSPS) is 15.0. The third-order valence-corrected chi connectivity index (χ3v) is 8.32. The van der Waals surface area contributed by atoms with Crippen LogP contribution < -0.4 is 10.0 Å². The van der Waals surface area contributed by atoms with Gasteiger partial charge in [0.05, 0.1) is 11.8 Å². The van der Waals surface area contributed by atoms with Gasteiger partial charge < -0.3 is 10.1 Å². The third kappa shape index (κ3) is 5.88. The lowest BCUT2D eigenvalue weighted by Gasteiger charge is -2.21. The Kier molecular flexibility index (Phi) is 7.58. The SMILES string of the molecule is Cc1c(C(=O)OC(C)(C)C)ccc2c1CC[C@@H]2NS(=O)(=O)c1cc(C(=O)NCc2ccc(F)c(F)c2)nc2ccnn12. The quantitative estimate of drug-likeness (QED) is 0.242. The minimum Gasteiger partial charge on any atom is -0.456 e. The molecule has 2 N–H and O–H groups in total. The molecule has 0 aliphatic heterocycles. The number of sulfonamides is 1. The highest BCUT2D eigenvalue weighted by Gasteiger charge is 2.32. The zero-order chi connectivity index (χ0) is 30.4. The highest BCUT2D eigenvalue weighted by molar-refractivity contribution is 7.89. The number of hydrogen-bond donors (Lipinski definition) is 2. The summed E-state index contributed by atoms with van der Waals surface area (Å²) in [6.07, 6.45) is 2.37. The number of nitrogens with zero attached hydrogens (tertiary/aromatic N) is 3. The molecule has 1 aliphatic rings. The molecule has 13 heteroatoms. The molecule has 220 valence electrons. The van der Waals surface area contributed by atoms with E-state index in [1.165, 1.54) is 18.3 Å². The van der Waals surface area contributed by atoms with E-state index < -0.39 is 45.2 Å². The molecule has 1 amide bonds. The lowest BCUT2D eigenvalue weighted by atomic mass is 9.98. The number of carbonyl (C=O) groups excluding carboxylic acids is 2. The first-order chi connectivity index (χ1) is 19.7. The number of rotatable bonds is 7. The monoisotopic (exact) mass is 597 g/mol. The van der Waals surface area contributed by atoms with Gasteiger partial charge in [-0.15, -0.1) is 0 Å². The molecule has 0 bridgehead atoms. The summed E-state index contributed by atoms with van der Waals surface area (Å²) in [5, 5.41) is 6.31. The molecule has 1 atom stereocenters. The van der Waals surface area contributed by atoms with E-state index in [0.29, 0.717) is 24.0 Å². The second kappa shape index (κ2) is 10.9. The van der Waals surface area contributed by atoms with Crippen molar-refractivity contribution in [2.75, 3.05) is 0 Å². The lowest BCUT2D eigenvalue weighted by molar-refractivity contribution is 0.00684. The molecule has 2 heterocycles. The smallest absolute Gasteiger partial charge is 0.338 e. The maximum absolute atomic E-state index is 13.7. The van der Waals surface area contributed by atoms with E-state index in [2.05, 4.69) is 20.1 Å². The van der Waals surface area contributed by atoms with Crippen molar-refractivity contribution in [1.82, 2.24) is 24.6 Å². The predicted molar refractivity (Wildman–Crippen MR) is 148 cm³/mol. The summed E-state index contributed by atoms with van der Waals surface area (Å²) >= 11 is 0. The van der Waals surface area contributed by atoms with Gasteiger partial charge in [0.15, 0.2) is 22.3 Å². The van der Waals surface area contributed by atoms with Gasteiger partial charge in [-0.05, 0) is 81.0 Å². The number of amides is 1. The van der Waals surface area contributed by atoms with Crippen molar-refractivity contribution in [2.24, 2.45) is 0 Å². The number of esters is 1. The van der Waals surface area contributed by atoms with Gasteiger partial charge in [-0.3, -0.25) is 4.79 Å². The van der Waals surface area contributed by atoms with Gasteiger partial charge in [0.2, 0.25) is 0 Å². The molecular formula is C29H29F2N5O5S. The molecule has 2 aromatic carbocycles. The summed E-state index contributed by atoms with van der Waals surface area (Å²) < 4.78 is 63.4. The van der Waals surface area contributed by atoms with E-state index in [1.807, 2.05) is 6.92 Å². The molecule has 10 nitrogen and oxygen atoms in total. The van der Waals surface area contributed by atoms with E-state index in [9.17, 15) is 26.8 Å². The number of fused-ring (bicyclic) bond motifs is 2. The van der Waals surface area contributed by atoms with Crippen molar-refractivity contribution in [3.05, 3.63) is 93.8 Å². The van der Waals surface area contributed by atoms with Crippen LogP contribution in [0.15, 0.2) is 53.7 Å². The number of benzene rings is 2. The summed E-state index contributed by atoms with van der Waals surface area (Å²) in [7, 11) is -4.23. The maximum atomic E-state index is 13.7. The second-order valence-corrected chi connectivity index (χ2v) is 12.7. The largest absolute Gasteiger partial charge is 0.456 e. The Hall–Kier alpha value is -4.23. The van der Waals surface area contributed by atoms with Gasteiger partial charge in [0, 0.05) is 24.7 Å². The first-order valence-corrected chi connectivity index (χ1v) is 14.7. The number of carbonyl (C=O) groups is 2. The molecule has 4 aromatic rings. The van der Waals surface area contributed by atoms with Crippen molar-refractivity contribution in [3.63, 3.8) is 0 Å². The number of nitrogens with one attached hydrogen (secondary N) is 2. The summed E-state index contributed by atoms with van der Waals surface area (Å²) in [5.74, 6) is -3.22. The van der Waals surface area contributed by atoms with Crippen LogP contribution in [0.5, 0.6) is 0 Å². The lowest BCUT2D eigenvalue weighted by Crippen LogP contribution is -2.30. The minimum absolute atomic E-state index is 0.125. The van der Waals surface area contributed by atoms with Crippen LogP contribution in [0.1, 0.15) is 76.3 Å². The Labute approximate surface area is 241 Å². The fraction of sp³-hybridized carbons (Fsp3) is 0.310. The zero-order valence-electron chi connectivity index (χ0n) is 23.4. The van der Waals surface area contributed by atoms with Crippen molar-refractivity contribution < 1.29 is 31.5 Å². The van der Waals surface area contributed by atoms with Crippen molar-refractivity contribution >= 4 is 27.5 Å². The number of ether oxygens (including phenoxy) is 1. The molecule has 0 radical (unpaired) electrons. The van der Waals surface area contributed by atoms with Crippen LogP contribution in [-0.2, 0) is 27.7 Å². The highest BCUT2D eigenvalue weighted by Crippen LogP contribution is 2.36. The summed E-state index contributed by atoms with van der Waals surface area (Å²) in [6.45, 7) is 7.05. The molecule has 1 aliphatic carbocycles. The van der Waals surface area contributed by atoms with Crippen LogP contribution in [0.4, 0.5) is 8.78 Å². The highest BCUT2D eigenvalue weighted by atomic mass is 32.2. The molecule has 0 unspecified atom stereocenters. The molecule has 0 spiro atoms. The van der Waals surface area contributed by atoms with E-state index in [0.717, 1.165) is 39.4 Å². The van der Waals surface area contributed by atoms with Crippen molar-refractivity contribution in [3.8, 4) is 0 Å². The van der Waals surface area contributed by atoms with Gasteiger partial charge in [-0.25, -0.2) is 36.2 Å². The average molecular weight is 598 g/mol. The maximum Gasteiger partial charge on any atom is 0.338 e. The molecular weight excluding hydrogens is 568 g/mol. The van der Waals surface area contributed by atoms with Crippen molar-refractivity contribution in [2.45, 2.75) is 63.8 Å². The Morgan fingerprint density at radius 1 is 1.10 bits per heavy atom. The summed E-state index contributed by atoms with van der Waals surface area (Å²) in [5.41, 5.74) is 2.38. The number of aromatic nitrogens is 3. The molecule has 5 rings (SSSR count). The van der Waals surface area contributed by atoms with Gasteiger partial charge >= 0.3 is 5.97 Å². The standard InChI is InChI=1S/C29H29F2N5O5S/c1-16-18-8-10-23(20(18)7-6-19(16)28(38)41-29(2,3)4)35-42(39,40)26-14-24(34-25-11-12-33-36(25)26)27(37)32-15-17-5-9-21(30)22(31)13-17/h5-7,9,11-14,23,35H,8,10,15H2,1-4H3,(H,32,37)/t23-/m0/s1. The minimum atomic E-state index is -4.23. The van der Waals surface area contributed by atoms with Gasteiger partial charge in [-0.1, -0.05) is 12.1 Å². The van der Waals surface area contributed by atoms with Crippen LogP contribution >= 0.6 is 0 Å². The predicted octanol–water partition coefficient (Wildman–Crippen LogP) is 4.17. The van der Waals surface area contributed by atoms with E-state index in [4.69, 9.17) is 4.74 Å². The van der Waals surface area contributed by atoms with E-state index in [1.54, 1.807) is 32.9 Å². The van der Waals surface area contributed by atoms with E-state index in [-0.39, 0.29) is 22.9 Å². The average Bonchev–Trinajstić information content (AvgIpc) is 3.55. The van der Waals surface area contributed by atoms with Crippen LogP contribution in [-0.4, -0.2) is 40.5 Å². The molecule has 0 fully saturated rings. The molecule has 0 saturated carbocycles. The zero-order valence-corrected chi connectivity index (χ0v) is 24.2. The Morgan fingerprint density at radius 2 is 1.86 bits per heavy atom. The number of halogens is 2. The Bertz CT molecular complexity index is 1830. The van der Waals surface area contributed by atoms with Gasteiger partial charge in [-0.2, -0.15) is 5.10 Å². The Morgan fingerprint density at radius 3 is 2.57 bits per heavy atom.